The van der Waals surface area contributed by atoms with Gasteiger partial charge in [0.2, 0.25) is 10.0 Å². The van der Waals surface area contributed by atoms with Crippen molar-refractivity contribution in [1.29, 1.82) is 0 Å². The number of esters is 1. The predicted molar refractivity (Wildman–Crippen MR) is 80.2 cm³/mol. The Morgan fingerprint density at radius 1 is 1.43 bits per heavy atom. The third-order valence-electron chi connectivity index (χ3n) is 3.04. The van der Waals surface area contributed by atoms with Crippen molar-refractivity contribution in [2.45, 2.75) is 57.6 Å². The molecule has 0 saturated heterocycles. The van der Waals surface area contributed by atoms with Crippen molar-refractivity contribution in [3.8, 4) is 0 Å². The van der Waals surface area contributed by atoms with E-state index in [1.54, 1.807) is 20.8 Å². The maximum atomic E-state index is 12.3. The molecule has 0 aliphatic rings. The van der Waals surface area contributed by atoms with E-state index in [0.29, 0.717) is 6.42 Å². The first-order chi connectivity index (χ1) is 9.57. The standard InChI is InChI=1S/C14H24N2O4S/c1-6-10(2)12(13(17)20-14(3,4)5)16-21(18,19)11-7-8-15-9-11/h7-10,12,15-16H,6H2,1-5H3/t10-,12-/m0/s1. The predicted octanol–water partition coefficient (Wildman–Crippen LogP) is 2.05. The van der Waals surface area contributed by atoms with Gasteiger partial charge in [-0.1, -0.05) is 20.3 Å². The second kappa shape index (κ2) is 6.62. The molecular weight excluding hydrogens is 292 g/mol. The Bertz CT molecular complexity index is 558. The van der Waals surface area contributed by atoms with Crippen LogP contribution in [0.15, 0.2) is 23.4 Å². The number of hydrogen-bond donors (Lipinski definition) is 2. The lowest BCUT2D eigenvalue weighted by molar-refractivity contribution is -0.158. The highest BCUT2D eigenvalue weighted by Gasteiger charge is 2.33. The van der Waals surface area contributed by atoms with E-state index in [1.807, 2.05) is 13.8 Å². The van der Waals surface area contributed by atoms with Crippen LogP contribution in [0.5, 0.6) is 0 Å². The fourth-order valence-electron chi connectivity index (χ4n) is 1.71. The largest absolute Gasteiger partial charge is 0.459 e. The van der Waals surface area contributed by atoms with Crippen LogP contribution in [0.2, 0.25) is 0 Å². The Kier molecular flexibility index (Phi) is 5.58. The second-order valence-electron chi connectivity index (χ2n) is 6.06. The minimum absolute atomic E-state index is 0.0966. The molecule has 0 bridgehead atoms. The Labute approximate surface area is 126 Å². The molecule has 0 radical (unpaired) electrons. The third-order valence-corrected chi connectivity index (χ3v) is 4.47. The molecule has 0 amide bonds. The minimum atomic E-state index is -3.75. The van der Waals surface area contributed by atoms with E-state index in [2.05, 4.69) is 9.71 Å². The summed E-state index contributed by atoms with van der Waals surface area (Å²) in [5, 5.41) is 0. The first-order valence-electron chi connectivity index (χ1n) is 6.95. The van der Waals surface area contributed by atoms with E-state index in [4.69, 9.17) is 4.74 Å². The monoisotopic (exact) mass is 316 g/mol. The van der Waals surface area contributed by atoms with Crippen LogP contribution in [-0.2, 0) is 19.6 Å². The van der Waals surface area contributed by atoms with E-state index in [1.165, 1.54) is 18.5 Å². The normalized spacial score (nSPS) is 15.5. The SMILES string of the molecule is CC[C@H](C)[C@H](NS(=O)(=O)c1cc[nH]c1)C(=O)OC(C)(C)C. The topological polar surface area (TPSA) is 88.3 Å². The van der Waals surface area contributed by atoms with Crippen LogP contribution in [0.3, 0.4) is 0 Å². The molecule has 0 aliphatic heterocycles. The van der Waals surface area contributed by atoms with Crippen LogP contribution in [0, 0.1) is 5.92 Å². The van der Waals surface area contributed by atoms with Gasteiger partial charge < -0.3 is 9.72 Å². The average Bonchev–Trinajstić information content (AvgIpc) is 2.87. The first kappa shape index (κ1) is 17.7. The molecular formula is C14H24N2O4S. The lowest BCUT2D eigenvalue weighted by Crippen LogP contribution is -2.47. The van der Waals surface area contributed by atoms with Crippen molar-refractivity contribution in [3.63, 3.8) is 0 Å². The zero-order valence-electron chi connectivity index (χ0n) is 13.1. The number of aromatic amines is 1. The number of carbonyl (C=O) groups excluding carboxylic acids is 1. The summed E-state index contributed by atoms with van der Waals surface area (Å²) < 4.78 is 32.3. The Morgan fingerprint density at radius 3 is 2.48 bits per heavy atom. The summed E-state index contributed by atoms with van der Waals surface area (Å²) in [6.07, 6.45) is 3.53. The molecule has 2 N–H and O–H groups in total. The lowest BCUT2D eigenvalue weighted by atomic mass is 10.00. The third kappa shape index (κ3) is 5.17. The van der Waals surface area contributed by atoms with Crippen molar-refractivity contribution < 1.29 is 17.9 Å². The number of H-pyrrole nitrogens is 1. The van der Waals surface area contributed by atoms with Crippen molar-refractivity contribution in [2.75, 3.05) is 0 Å². The fourth-order valence-corrected chi connectivity index (χ4v) is 2.98. The first-order valence-corrected chi connectivity index (χ1v) is 8.43. The van der Waals surface area contributed by atoms with Crippen molar-refractivity contribution in [1.82, 2.24) is 9.71 Å². The fraction of sp³-hybridized carbons (Fsp3) is 0.643. The van der Waals surface area contributed by atoms with Crippen LogP contribution in [0.4, 0.5) is 0 Å². The van der Waals surface area contributed by atoms with Crippen molar-refractivity contribution in [3.05, 3.63) is 18.5 Å². The molecule has 6 nitrogen and oxygen atoms in total. The number of rotatable bonds is 6. The number of carbonyl (C=O) groups is 1. The number of hydrogen-bond acceptors (Lipinski definition) is 4. The number of sulfonamides is 1. The van der Waals surface area contributed by atoms with Crippen molar-refractivity contribution >= 4 is 16.0 Å². The van der Waals surface area contributed by atoms with E-state index in [0.717, 1.165) is 0 Å². The van der Waals surface area contributed by atoms with E-state index in [9.17, 15) is 13.2 Å². The molecule has 0 saturated carbocycles. The van der Waals surface area contributed by atoms with Crippen LogP contribution in [-0.4, -0.2) is 31.0 Å². The summed E-state index contributed by atoms with van der Waals surface area (Å²) in [6.45, 7) is 8.96. The molecule has 1 aromatic heterocycles. The molecule has 120 valence electrons. The van der Waals surface area contributed by atoms with Crippen LogP contribution < -0.4 is 4.72 Å². The van der Waals surface area contributed by atoms with Gasteiger partial charge in [0.1, 0.15) is 11.6 Å². The molecule has 0 spiro atoms. The molecule has 1 aromatic rings. The zero-order valence-corrected chi connectivity index (χ0v) is 14.0. The number of ether oxygens (including phenoxy) is 1. The molecule has 0 unspecified atom stereocenters. The van der Waals surface area contributed by atoms with Crippen LogP contribution in [0.25, 0.3) is 0 Å². The summed E-state index contributed by atoms with van der Waals surface area (Å²) in [6, 6.07) is 0.527. The van der Waals surface area contributed by atoms with E-state index >= 15 is 0 Å². The van der Waals surface area contributed by atoms with Gasteiger partial charge in [-0.3, -0.25) is 4.79 Å². The van der Waals surface area contributed by atoms with Gasteiger partial charge in [-0.15, -0.1) is 0 Å². The summed E-state index contributed by atoms with van der Waals surface area (Å²) in [5.41, 5.74) is -0.664. The number of aromatic nitrogens is 1. The smallest absolute Gasteiger partial charge is 0.324 e. The Hall–Kier alpha value is -1.34. The molecule has 21 heavy (non-hydrogen) atoms. The van der Waals surface area contributed by atoms with E-state index in [-0.39, 0.29) is 10.8 Å². The van der Waals surface area contributed by atoms with Crippen LogP contribution >= 0.6 is 0 Å². The summed E-state index contributed by atoms with van der Waals surface area (Å²) in [7, 11) is -3.75. The van der Waals surface area contributed by atoms with Crippen molar-refractivity contribution in [2.24, 2.45) is 5.92 Å². The summed E-state index contributed by atoms with van der Waals surface area (Å²) in [4.78, 5) is 15.0. The molecule has 1 rings (SSSR count). The molecule has 7 heteroatoms. The molecule has 2 atom stereocenters. The number of nitrogens with one attached hydrogen (secondary N) is 2. The molecule has 0 aromatic carbocycles. The maximum absolute atomic E-state index is 12.3. The Balaban J connectivity index is 2.97. The van der Waals surface area contributed by atoms with Gasteiger partial charge in [0.15, 0.2) is 0 Å². The highest BCUT2D eigenvalue weighted by molar-refractivity contribution is 7.89. The van der Waals surface area contributed by atoms with Gasteiger partial charge >= 0.3 is 5.97 Å². The van der Waals surface area contributed by atoms with Crippen LogP contribution in [0.1, 0.15) is 41.0 Å². The second-order valence-corrected chi connectivity index (χ2v) is 7.78. The highest BCUT2D eigenvalue weighted by Crippen LogP contribution is 2.17. The van der Waals surface area contributed by atoms with Gasteiger partial charge in [0.25, 0.3) is 0 Å². The zero-order chi connectivity index (χ0) is 16.3. The lowest BCUT2D eigenvalue weighted by Gasteiger charge is -2.27. The molecule has 1 heterocycles. The van der Waals surface area contributed by atoms with Gasteiger partial charge in [-0.05, 0) is 32.8 Å². The molecule has 0 fully saturated rings. The minimum Gasteiger partial charge on any atom is -0.459 e. The Morgan fingerprint density at radius 2 is 2.05 bits per heavy atom. The highest BCUT2D eigenvalue weighted by atomic mass is 32.2. The van der Waals surface area contributed by atoms with Gasteiger partial charge in [0.05, 0.1) is 4.90 Å². The summed E-state index contributed by atoms with van der Waals surface area (Å²) in [5.74, 6) is -0.732. The van der Waals surface area contributed by atoms with Gasteiger partial charge in [-0.2, -0.15) is 4.72 Å². The quantitative estimate of drug-likeness (QED) is 0.786. The van der Waals surface area contributed by atoms with E-state index < -0.39 is 27.6 Å². The molecule has 0 aliphatic carbocycles. The average molecular weight is 316 g/mol. The van der Waals surface area contributed by atoms with Gasteiger partial charge in [0, 0.05) is 12.4 Å². The maximum Gasteiger partial charge on any atom is 0.324 e. The van der Waals surface area contributed by atoms with Gasteiger partial charge in [-0.25, -0.2) is 8.42 Å². The summed E-state index contributed by atoms with van der Waals surface area (Å²) >= 11 is 0.